The lowest BCUT2D eigenvalue weighted by molar-refractivity contribution is -0.123. The first kappa shape index (κ1) is 28.2. The SMILES string of the molecule is CCOc1ccc(-n2cccc2[C@H]2[C@H](c3ccccn3)NC(=S)N2c2ccc(NC(=O)C(C)(C)C)c(OC)c2)cc1. The number of hydrogen-bond acceptors (Lipinski definition) is 5. The van der Waals surface area contributed by atoms with Crippen molar-refractivity contribution in [3.05, 3.63) is 96.6 Å². The lowest BCUT2D eigenvalue weighted by Crippen LogP contribution is -2.30. The molecule has 1 saturated heterocycles. The molecule has 1 aliphatic rings. The number of rotatable bonds is 8. The number of benzene rings is 2. The van der Waals surface area contributed by atoms with Crippen LogP contribution < -0.4 is 25.0 Å². The lowest BCUT2D eigenvalue weighted by atomic mass is 9.95. The monoisotopic (exact) mass is 569 g/mol. The van der Waals surface area contributed by atoms with Crippen LogP contribution in [0, 0.1) is 5.41 Å². The van der Waals surface area contributed by atoms with Gasteiger partial charge in [-0.15, -0.1) is 0 Å². The average Bonchev–Trinajstić information content (AvgIpc) is 3.58. The van der Waals surface area contributed by atoms with Crippen molar-refractivity contribution >= 4 is 34.6 Å². The van der Waals surface area contributed by atoms with E-state index in [0.717, 1.165) is 28.5 Å². The van der Waals surface area contributed by atoms with E-state index in [9.17, 15) is 4.79 Å². The molecule has 1 amide bonds. The van der Waals surface area contributed by atoms with E-state index >= 15 is 0 Å². The van der Waals surface area contributed by atoms with Gasteiger partial charge in [0.05, 0.1) is 31.1 Å². The number of ether oxygens (including phenoxy) is 2. The normalized spacial score (nSPS) is 16.8. The average molecular weight is 570 g/mol. The van der Waals surface area contributed by atoms with Gasteiger partial charge in [0.2, 0.25) is 5.91 Å². The fraction of sp³-hybridized carbons (Fsp3) is 0.281. The van der Waals surface area contributed by atoms with Crippen LogP contribution in [0.5, 0.6) is 11.5 Å². The summed E-state index contributed by atoms with van der Waals surface area (Å²) in [6.07, 6.45) is 3.84. The van der Waals surface area contributed by atoms with Crippen molar-refractivity contribution in [3.63, 3.8) is 0 Å². The molecule has 3 heterocycles. The van der Waals surface area contributed by atoms with Gasteiger partial charge < -0.3 is 29.6 Å². The number of thiocarbonyl (C=S) groups is 1. The zero-order valence-electron chi connectivity index (χ0n) is 23.9. The summed E-state index contributed by atoms with van der Waals surface area (Å²) < 4.78 is 13.5. The highest BCUT2D eigenvalue weighted by Gasteiger charge is 2.42. The summed E-state index contributed by atoms with van der Waals surface area (Å²) >= 11 is 5.94. The molecule has 41 heavy (non-hydrogen) atoms. The predicted octanol–water partition coefficient (Wildman–Crippen LogP) is 6.44. The fourth-order valence-corrected chi connectivity index (χ4v) is 5.26. The van der Waals surface area contributed by atoms with E-state index in [2.05, 4.69) is 31.2 Å². The van der Waals surface area contributed by atoms with E-state index in [1.165, 1.54) is 0 Å². The Bertz CT molecular complexity index is 1530. The summed E-state index contributed by atoms with van der Waals surface area (Å²) in [4.78, 5) is 19.5. The molecule has 0 aliphatic carbocycles. The first-order chi connectivity index (χ1) is 19.7. The second-order valence-electron chi connectivity index (χ2n) is 10.8. The largest absolute Gasteiger partial charge is 0.494 e. The lowest BCUT2D eigenvalue weighted by Gasteiger charge is -2.29. The van der Waals surface area contributed by atoms with Gasteiger partial charge in [-0.2, -0.15) is 0 Å². The Balaban J connectivity index is 1.58. The van der Waals surface area contributed by atoms with Crippen LogP contribution in [-0.4, -0.2) is 34.3 Å². The van der Waals surface area contributed by atoms with Gasteiger partial charge in [0.1, 0.15) is 17.5 Å². The third-order valence-electron chi connectivity index (χ3n) is 7.00. The van der Waals surface area contributed by atoms with E-state index in [1.807, 2.05) is 101 Å². The first-order valence-corrected chi connectivity index (χ1v) is 14.0. The molecule has 0 bridgehead atoms. The summed E-state index contributed by atoms with van der Waals surface area (Å²) in [6, 6.07) is 23.3. The van der Waals surface area contributed by atoms with Gasteiger partial charge in [0, 0.05) is 40.9 Å². The zero-order chi connectivity index (χ0) is 29.1. The molecule has 2 aromatic heterocycles. The maximum absolute atomic E-state index is 12.7. The molecule has 4 aromatic rings. The molecule has 0 saturated carbocycles. The molecule has 2 atom stereocenters. The van der Waals surface area contributed by atoms with E-state index in [-0.39, 0.29) is 18.0 Å². The Morgan fingerprint density at radius 1 is 1.05 bits per heavy atom. The number of anilines is 2. The topological polar surface area (TPSA) is 80.7 Å². The molecule has 1 aliphatic heterocycles. The molecular weight excluding hydrogens is 534 g/mol. The molecule has 1 fully saturated rings. The highest BCUT2D eigenvalue weighted by atomic mass is 32.1. The van der Waals surface area contributed by atoms with E-state index in [4.69, 9.17) is 21.7 Å². The number of aromatic nitrogens is 2. The Labute approximate surface area is 246 Å². The third-order valence-corrected chi connectivity index (χ3v) is 7.31. The van der Waals surface area contributed by atoms with Crippen molar-refractivity contribution in [2.45, 2.75) is 39.8 Å². The maximum atomic E-state index is 12.7. The predicted molar refractivity (Wildman–Crippen MR) is 166 cm³/mol. The molecule has 0 spiro atoms. The molecule has 8 nitrogen and oxygen atoms in total. The van der Waals surface area contributed by atoms with Crippen LogP contribution in [0.1, 0.15) is 51.2 Å². The fourth-order valence-electron chi connectivity index (χ4n) is 4.92. The van der Waals surface area contributed by atoms with Gasteiger partial charge in [-0.3, -0.25) is 9.78 Å². The Morgan fingerprint density at radius 2 is 1.80 bits per heavy atom. The Kier molecular flexibility index (Phi) is 7.99. The molecule has 5 rings (SSSR count). The second-order valence-corrected chi connectivity index (χ2v) is 11.2. The van der Waals surface area contributed by atoms with Crippen molar-refractivity contribution in [2.75, 3.05) is 23.9 Å². The molecule has 0 radical (unpaired) electrons. The van der Waals surface area contributed by atoms with Gasteiger partial charge in [-0.25, -0.2) is 0 Å². The van der Waals surface area contributed by atoms with Gasteiger partial charge in [-0.1, -0.05) is 26.8 Å². The molecule has 9 heteroatoms. The second kappa shape index (κ2) is 11.6. The van der Waals surface area contributed by atoms with Crippen LogP contribution in [-0.2, 0) is 4.79 Å². The van der Waals surface area contributed by atoms with Crippen molar-refractivity contribution in [3.8, 4) is 17.2 Å². The first-order valence-electron chi connectivity index (χ1n) is 13.6. The van der Waals surface area contributed by atoms with Crippen LogP contribution in [0.4, 0.5) is 11.4 Å². The molecule has 2 N–H and O–H groups in total. The van der Waals surface area contributed by atoms with Gasteiger partial charge >= 0.3 is 0 Å². The summed E-state index contributed by atoms with van der Waals surface area (Å²) in [5.74, 6) is 1.28. The quantitative estimate of drug-likeness (QED) is 0.236. The minimum absolute atomic E-state index is 0.0943. The number of carbonyl (C=O) groups is 1. The van der Waals surface area contributed by atoms with Crippen LogP contribution in [0.3, 0.4) is 0 Å². The van der Waals surface area contributed by atoms with Gasteiger partial charge in [0.15, 0.2) is 5.11 Å². The zero-order valence-corrected chi connectivity index (χ0v) is 24.7. The van der Waals surface area contributed by atoms with Crippen molar-refractivity contribution in [1.29, 1.82) is 0 Å². The van der Waals surface area contributed by atoms with Crippen molar-refractivity contribution < 1.29 is 14.3 Å². The number of methoxy groups -OCH3 is 1. The number of hydrogen-bond donors (Lipinski definition) is 2. The summed E-state index contributed by atoms with van der Waals surface area (Å²) in [7, 11) is 1.59. The van der Waals surface area contributed by atoms with E-state index in [1.54, 1.807) is 13.3 Å². The standard InChI is InChI=1S/C32H35N5O3S/c1-6-40-23-15-12-21(13-16-23)36-19-9-11-26(36)29-28(25-10-7-8-18-33-25)35-31(41)37(29)22-14-17-24(27(20-22)39-5)34-30(38)32(2,3)4/h7-20,28-29H,6H2,1-5H3,(H,34,38)(H,35,41)/t28-,29-/m0/s1. The summed E-state index contributed by atoms with van der Waals surface area (Å²) in [6.45, 7) is 8.21. The number of nitrogens with zero attached hydrogens (tertiary/aromatic N) is 3. The molecule has 2 aromatic carbocycles. The third kappa shape index (κ3) is 5.76. The van der Waals surface area contributed by atoms with Crippen LogP contribution >= 0.6 is 12.2 Å². The van der Waals surface area contributed by atoms with Gasteiger partial charge in [-0.05, 0) is 79.8 Å². The highest BCUT2D eigenvalue weighted by Crippen LogP contribution is 2.44. The van der Waals surface area contributed by atoms with Gasteiger partial charge in [0.25, 0.3) is 0 Å². The van der Waals surface area contributed by atoms with Crippen LogP contribution in [0.15, 0.2) is 85.2 Å². The van der Waals surface area contributed by atoms with Crippen molar-refractivity contribution in [1.82, 2.24) is 14.9 Å². The Morgan fingerprint density at radius 3 is 2.46 bits per heavy atom. The molecule has 212 valence electrons. The smallest absolute Gasteiger partial charge is 0.229 e. The number of pyridine rings is 1. The van der Waals surface area contributed by atoms with E-state index in [0.29, 0.717) is 23.2 Å². The number of nitrogens with one attached hydrogen (secondary N) is 2. The molecular formula is C32H35N5O3S. The van der Waals surface area contributed by atoms with Crippen LogP contribution in [0.25, 0.3) is 5.69 Å². The highest BCUT2D eigenvalue weighted by molar-refractivity contribution is 7.80. The minimum atomic E-state index is -0.544. The van der Waals surface area contributed by atoms with Crippen molar-refractivity contribution in [2.24, 2.45) is 5.41 Å². The summed E-state index contributed by atoms with van der Waals surface area (Å²) in [5, 5.41) is 7.08. The minimum Gasteiger partial charge on any atom is -0.494 e. The summed E-state index contributed by atoms with van der Waals surface area (Å²) in [5.41, 5.74) is 3.80. The Hall–Kier alpha value is -4.37. The number of carbonyl (C=O) groups excluding carboxylic acids is 1. The van der Waals surface area contributed by atoms with Crippen LogP contribution in [0.2, 0.25) is 0 Å². The number of amides is 1. The molecule has 0 unspecified atom stereocenters. The maximum Gasteiger partial charge on any atom is 0.229 e. The van der Waals surface area contributed by atoms with E-state index < -0.39 is 5.41 Å².